The molecule has 248 valence electrons. The second-order valence-electron chi connectivity index (χ2n) is 12.6. The number of furan rings is 1. The Labute approximate surface area is 298 Å². The fourth-order valence-electron chi connectivity index (χ4n) is 6.84. The fourth-order valence-corrected chi connectivity index (χ4v) is 9.34. The molecule has 0 radical (unpaired) electrons. The fraction of sp³-hybridized carbons (Fsp3) is 0.316. The second kappa shape index (κ2) is 14.0. The summed E-state index contributed by atoms with van der Waals surface area (Å²) < 4.78 is 14.4. The van der Waals surface area contributed by atoms with Gasteiger partial charge in [-0.1, -0.05) is 42.5 Å². The van der Waals surface area contributed by atoms with Gasteiger partial charge in [-0.25, -0.2) is 4.79 Å². The first-order chi connectivity index (χ1) is 23.3. The number of para-hydroxylation sites is 2. The van der Waals surface area contributed by atoms with E-state index in [1.807, 2.05) is 29.3 Å². The predicted molar refractivity (Wildman–Crippen MR) is 199 cm³/mol. The van der Waals surface area contributed by atoms with Crippen molar-refractivity contribution in [3.8, 4) is 0 Å². The van der Waals surface area contributed by atoms with Gasteiger partial charge in [-0.2, -0.15) is 0 Å². The third-order valence-electron chi connectivity index (χ3n) is 9.50. The van der Waals surface area contributed by atoms with Crippen LogP contribution < -0.4 is 9.21 Å². The summed E-state index contributed by atoms with van der Waals surface area (Å²) in [6.07, 6.45) is 3.02. The number of nitrogens with zero attached hydrogens (tertiary/aromatic N) is 3. The van der Waals surface area contributed by atoms with Crippen LogP contribution in [0.2, 0.25) is 0 Å². The number of anilines is 2. The van der Waals surface area contributed by atoms with Crippen molar-refractivity contribution in [3.05, 3.63) is 110 Å². The Morgan fingerprint density at radius 3 is 2.50 bits per heavy atom. The van der Waals surface area contributed by atoms with Crippen molar-refractivity contribution >= 4 is 73.4 Å². The molecule has 7 rings (SSSR count). The number of hydrogen-bond donors (Lipinski definition) is 0. The lowest BCUT2D eigenvalue weighted by atomic mass is 9.72. The van der Waals surface area contributed by atoms with Crippen LogP contribution in [0.1, 0.15) is 51.1 Å². The summed E-state index contributed by atoms with van der Waals surface area (Å²) in [6, 6.07) is 27.4. The third kappa shape index (κ3) is 6.62. The minimum atomic E-state index is -0.432. The minimum absolute atomic E-state index is 0.141. The molecule has 10 heteroatoms. The number of hydrogen-bond acceptors (Lipinski definition) is 8. The lowest BCUT2D eigenvalue weighted by Crippen LogP contribution is -2.61. The molecule has 1 spiro atoms. The smallest absolute Gasteiger partial charge is 0.374 e. The van der Waals surface area contributed by atoms with E-state index >= 15 is 0 Å². The largest absolute Gasteiger partial charge is 0.460 e. The molecule has 0 bridgehead atoms. The van der Waals surface area contributed by atoms with Crippen LogP contribution in [0.25, 0.3) is 11.0 Å². The van der Waals surface area contributed by atoms with Crippen LogP contribution >= 0.6 is 39.2 Å². The SMILES string of the molecule is CCOC(=O)c1oc2ccc(SN(CCc3ccccc3)c3ccccc3N3CCC4(CC3)CN(C(=O)c3sccc3Br)C4)cc2c1C. The van der Waals surface area contributed by atoms with Crippen molar-refractivity contribution in [2.45, 2.75) is 38.0 Å². The third-order valence-corrected chi connectivity index (χ3v) is 12.4. The molecule has 0 unspecified atom stereocenters. The lowest BCUT2D eigenvalue weighted by Gasteiger charge is -2.54. The number of rotatable bonds is 10. The van der Waals surface area contributed by atoms with E-state index in [0.29, 0.717) is 12.2 Å². The molecule has 0 aliphatic carbocycles. The Bertz CT molecular complexity index is 1920. The maximum Gasteiger partial charge on any atom is 0.374 e. The minimum Gasteiger partial charge on any atom is -0.460 e. The van der Waals surface area contributed by atoms with Crippen molar-refractivity contribution in [1.82, 2.24) is 4.90 Å². The van der Waals surface area contributed by atoms with Gasteiger partial charge in [0.2, 0.25) is 5.76 Å². The van der Waals surface area contributed by atoms with Gasteiger partial charge in [-0.05, 0) is 108 Å². The van der Waals surface area contributed by atoms with Gasteiger partial charge in [0.1, 0.15) is 10.5 Å². The Kier molecular flexibility index (Phi) is 9.58. The molecule has 5 aromatic rings. The van der Waals surface area contributed by atoms with E-state index in [1.165, 1.54) is 28.3 Å². The molecule has 2 saturated heterocycles. The zero-order chi connectivity index (χ0) is 33.3. The summed E-state index contributed by atoms with van der Waals surface area (Å²) in [5, 5.41) is 2.88. The molecule has 48 heavy (non-hydrogen) atoms. The molecule has 0 atom stereocenters. The van der Waals surface area contributed by atoms with Crippen molar-refractivity contribution in [3.63, 3.8) is 0 Å². The van der Waals surface area contributed by atoms with Crippen LogP contribution in [0.3, 0.4) is 0 Å². The highest BCUT2D eigenvalue weighted by atomic mass is 79.9. The predicted octanol–water partition coefficient (Wildman–Crippen LogP) is 9.24. The first-order valence-electron chi connectivity index (χ1n) is 16.4. The lowest BCUT2D eigenvalue weighted by molar-refractivity contribution is -0.00755. The molecule has 2 aromatic heterocycles. The number of piperidine rings is 1. The second-order valence-corrected chi connectivity index (χ2v) is 15.5. The monoisotopic (exact) mass is 743 g/mol. The Hall–Kier alpha value is -3.73. The zero-order valence-electron chi connectivity index (χ0n) is 27.1. The normalized spacial score (nSPS) is 15.5. The molecule has 3 aromatic carbocycles. The number of amides is 1. The summed E-state index contributed by atoms with van der Waals surface area (Å²) in [6.45, 7) is 8.40. The summed E-state index contributed by atoms with van der Waals surface area (Å²) in [5.74, 6) is -0.0253. The van der Waals surface area contributed by atoms with Crippen LogP contribution in [-0.4, -0.2) is 56.1 Å². The van der Waals surface area contributed by atoms with Crippen molar-refractivity contribution in [2.75, 3.05) is 48.5 Å². The van der Waals surface area contributed by atoms with E-state index in [1.54, 1.807) is 18.9 Å². The maximum absolute atomic E-state index is 13.1. The number of fused-ring (bicyclic) bond motifs is 1. The standard InChI is InChI=1S/C38H38BrN3O4S2/c1-3-45-37(44)34-26(2)29-23-28(13-14-33(29)46-34)48-42(19-15-27-9-5-4-6-10-27)32-12-8-7-11-31(32)40-20-17-38(18-21-40)24-41(25-38)36(43)35-30(39)16-22-47-35/h4-14,16,22-23H,3,15,17-21,24-25H2,1-2H3. The van der Waals surface area contributed by atoms with E-state index < -0.39 is 5.97 Å². The number of carbonyl (C=O) groups excluding carboxylic acids is 2. The van der Waals surface area contributed by atoms with Crippen LogP contribution in [0.4, 0.5) is 11.4 Å². The van der Waals surface area contributed by atoms with Gasteiger partial charge in [-0.3, -0.25) is 4.79 Å². The average Bonchev–Trinajstić information content (AvgIpc) is 3.68. The highest BCUT2D eigenvalue weighted by molar-refractivity contribution is 9.10. The summed E-state index contributed by atoms with van der Waals surface area (Å²) in [5.41, 5.74) is 5.37. The van der Waals surface area contributed by atoms with Crippen molar-refractivity contribution in [1.29, 1.82) is 0 Å². The number of aryl methyl sites for hydroxylation is 1. The van der Waals surface area contributed by atoms with Gasteiger partial charge in [0, 0.05) is 58.5 Å². The first-order valence-corrected chi connectivity index (χ1v) is 18.8. The van der Waals surface area contributed by atoms with Gasteiger partial charge in [0.25, 0.3) is 5.91 Å². The number of carbonyl (C=O) groups is 2. The molecular weight excluding hydrogens is 706 g/mol. The molecule has 1 amide bonds. The van der Waals surface area contributed by atoms with Gasteiger partial charge >= 0.3 is 5.97 Å². The number of thiophene rings is 1. The first kappa shape index (κ1) is 32.8. The van der Waals surface area contributed by atoms with Crippen molar-refractivity contribution in [2.24, 2.45) is 5.41 Å². The van der Waals surface area contributed by atoms with Crippen molar-refractivity contribution < 1.29 is 18.7 Å². The van der Waals surface area contributed by atoms with Gasteiger partial charge < -0.3 is 23.3 Å². The molecule has 2 fully saturated rings. The molecule has 2 aliphatic rings. The topological polar surface area (TPSA) is 66.2 Å². The molecule has 2 aliphatic heterocycles. The van der Waals surface area contributed by atoms with Crippen LogP contribution in [0.5, 0.6) is 0 Å². The quantitative estimate of drug-likeness (QED) is 0.104. The highest BCUT2D eigenvalue weighted by Gasteiger charge is 2.47. The summed E-state index contributed by atoms with van der Waals surface area (Å²) >= 11 is 6.74. The van der Waals surface area contributed by atoms with Gasteiger partial charge in [-0.15, -0.1) is 11.3 Å². The number of halogens is 1. The highest BCUT2D eigenvalue weighted by Crippen LogP contribution is 2.45. The Morgan fingerprint density at radius 2 is 1.77 bits per heavy atom. The molecular formula is C38H38BrN3O4S2. The molecule has 7 nitrogen and oxygen atoms in total. The number of benzene rings is 3. The van der Waals surface area contributed by atoms with Gasteiger partial charge in [0.15, 0.2) is 0 Å². The van der Waals surface area contributed by atoms with E-state index in [2.05, 4.69) is 91.9 Å². The van der Waals surface area contributed by atoms with Crippen LogP contribution in [0.15, 0.2) is 98.0 Å². The van der Waals surface area contributed by atoms with E-state index in [9.17, 15) is 9.59 Å². The van der Waals surface area contributed by atoms with Crippen LogP contribution in [-0.2, 0) is 11.2 Å². The number of esters is 1. The van der Waals surface area contributed by atoms with Crippen LogP contribution in [0, 0.1) is 12.3 Å². The van der Waals surface area contributed by atoms with E-state index in [0.717, 1.165) is 77.2 Å². The summed E-state index contributed by atoms with van der Waals surface area (Å²) in [7, 11) is 0. The number of ether oxygens (including phenoxy) is 1. The van der Waals surface area contributed by atoms with E-state index in [-0.39, 0.29) is 17.1 Å². The van der Waals surface area contributed by atoms with Gasteiger partial charge in [0.05, 0.1) is 18.0 Å². The Morgan fingerprint density at radius 1 is 1.02 bits per heavy atom. The maximum atomic E-state index is 13.1. The zero-order valence-corrected chi connectivity index (χ0v) is 30.3. The Balaban J connectivity index is 1.10. The van der Waals surface area contributed by atoms with E-state index in [4.69, 9.17) is 9.15 Å². The molecule has 0 N–H and O–H groups in total. The molecule has 0 saturated carbocycles. The number of likely N-dealkylation sites (tertiary alicyclic amines) is 1. The molecule has 4 heterocycles. The average molecular weight is 745 g/mol. The summed E-state index contributed by atoms with van der Waals surface area (Å²) in [4.78, 5) is 32.0.